The topological polar surface area (TPSA) is 60.8 Å². The molecule has 0 aromatic heterocycles. The summed E-state index contributed by atoms with van der Waals surface area (Å²) in [6, 6.07) is -0.682. The summed E-state index contributed by atoms with van der Waals surface area (Å²) in [5, 5.41) is 18.7. The van der Waals surface area contributed by atoms with Crippen molar-refractivity contribution in [1.29, 1.82) is 0 Å². The van der Waals surface area contributed by atoms with E-state index in [1.807, 2.05) is 0 Å². The van der Waals surface area contributed by atoms with Gasteiger partial charge >= 0.3 is 6.09 Å². The maximum absolute atomic E-state index is 13.3. The molecule has 0 aromatic rings. The summed E-state index contributed by atoms with van der Waals surface area (Å²) in [6.07, 6.45) is -3.58. The zero-order valence-corrected chi connectivity index (χ0v) is 9.27. The molecule has 0 saturated carbocycles. The van der Waals surface area contributed by atoms with Gasteiger partial charge in [0.2, 0.25) is 0 Å². The molecule has 0 spiro atoms. The van der Waals surface area contributed by atoms with Crippen molar-refractivity contribution < 1.29 is 19.4 Å². The minimum atomic E-state index is -1.33. The number of carboxylic acid groups (broad SMARTS) is 1. The Morgan fingerprint density at radius 1 is 1.47 bits per heavy atom. The van der Waals surface area contributed by atoms with Crippen LogP contribution in [0.4, 0.5) is 9.18 Å². The van der Waals surface area contributed by atoms with Crippen LogP contribution in [0.2, 0.25) is 0 Å². The van der Waals surface area contributed by atoms with Gasteiger partial charge in [0.25, 0.3) is 0 Å². The fraction of sp³-hybridized carbons (Fsp3) is 0.900. The Morgan fingerprint density at radius 2 is 2.00 bits per heavy atom. The van der Waals surface area contributed by atoms with E-state index in [0.29, 0.717) is 0 Å². The van der Waals surface area contributed by atoms with Crippen LogP contribution in [0.1, 0.15) is 27.2 Å². The average Bonchev–Trinajstić information content (AvgIpc) is 2.06. The molecule has 0 aromatic carbocycles. The van der Waals surface area contributed by atoms with Gasteiger partial charge in [-0.05, 0) is 11.8 Å². The summed E-state index contributed by atoms with van der Waals surface area (Å²) >= 11 is 0. The van der Waals surface area contributed by atoms with E-state index in [1.165, 1.54) is 0 Å². The summed E-state index contributed by atoms with van der Waals surface area (Å²) in [4.78, 5) is 12.1. The Kier molecular flexibility index (Phi) is 3.23. The van der Waals surface area contributed by atoms with Crippen molar-refractivity contribution in [1.82, 2.24) is 4.90 Å². The first-order valence-corrected chi connectivity index (χ1v) is 5.07. The van der Waals surface area contributed by atoms with Crippen LogP contribution in [0.5, 0.6) is 0 Å². The van der Waals surface area contributed by atoms with Crippen LogP contribution < -0.4 is 0 Å². The Morgan fingerprint density at radius 3 is 2.40 bits per heavy atom. The van der Waals surface area contributed by atoms with Crippen LogP contribution >= 0.6 is 0 Å². The molecule has 3 atom stereocenters. The first-order chi connectivity index (χ1) is 6.75. The van der Waals surface area contributed by atoms with E-state index in [1.54, 1.807) is 20.8 Å². The highest BCUT2D eigenvalue weighted by Crippen LogP contribution is 2.33. The average molecular weight is 219 g/mol. The second-order valence-corrected chi connectivity index (χ2v) is 5.08. The van der Waals surface area contributed by atoms with Gasteiger partial charge in [0.1, 0.15) is 12.3 Å². The third-order valence-corrected chi connectivity index (χ3v) is 2.81. The van der Waals surface area contributed by atoms with Gasteiger partial charge in [-0.2, -0.15) is 0 Å². The first-order valence-electron chi connectivity index (χ1n) is 5.07. The molecule has 1 aliphatic heterocycles. The van der Waals surface area contributed by atoms with E-state index in [2.05, 4.69) is 0 Å². The van der Waals surface area contributed by atoms with Gasteiger partial charge in [0.05, 0.1) is 6.04 Å². The van der Waals surface area contributed by atoms with Crippen LogP contribution in [-0.4, -0.2) is 46.1 Å². The molecule has 88 valence electrons. The fourth-order valence-corrected chi connectivity index (χ4v) is 2.15. The molecule has 0 radical (unpaired) electrons. The van der Waals surface area contributed by atoms with Crippen LogP contribution in [0.25, 0.3) is 0 Å². The van der Waals surface area contributed by atoms with Crippen molar-refractivity contribution in [2.75, 3.05) is 6.54 Å². The smallest absolute Gasteiger partial charge is 0.407 e. The number of rotatable bonds is 0. The van der Waals surface area contributed by atoms with Gasteiger partial charge in [-0.15, -0.1) is 0 Å². The summed E-state index contributed by atoms with van der Waals surface area (Å²) in [5.74, 6) is 0. The van der Waals surface area contributed by atoms with Crippen molar-refractivity contribution in [3.63, 3.8) is 0 Å². The molecule has 4 nitrogen and oxygen atoms in total. The third-order valence-electron chi connectivity index (χ3n) is 2.81. The third kappa shape index (κ3) is 2.40. The van der Waals surface area contributed by atoms with Gasteiger partial charge in [-0.25, -0.2) is 9.18 Å². The van der Waals surface area contributed by atoms with Crippen LogP contribution in [0.3, 0.4) is 0 Å². The normalized spacial score (nSPS) is 32.9. The number of piperidine rings is 1. The van der Waals surface area contributed by atoms with E-state index in [-0.39, 0.29) is 13.0 Å². The van der Waals surface area contributed by atoms with Crippen LogP contribution in [-0.2, 0) is 0 Å². The summed E-state index contributed by atoms with van der Waals surface area (Å²) in [5.41, 5.74) is -0.470. The van der Waals surface area contributed by atoms with E-state index >= 15 is 0 Å². The number of likely N-dealkylation sites (tertiary alicyclic amines) is 1. The van der Waals surface area contributed by atoms with Gasteiger partial charge in [-0.1, -0.05) is 20.8 Å². The predicted molar refractivity (Wildman–Crippen MR) is 53.5 cm³/mol. The summed E-state index contributed by atoms with van der Waals surface area (Å²) in [6.45, 7) is 5.55. The zero-order valence-electron chi connectivity index (χ0n) is 9.27. The Labute approximate surface area is 88.7 Å². The standard InChI is InChI=1S/C10H18FNO3/c1-10(2,3)8-7(13)6(11)4-5-12(8)9(14)15/h6-8,13H,4-5H2,1-3H3,(H,14,15). The lowest BCUT2D eigenvalue weighted by molar-refractivity contribution is -0.0714. The maximum Gasteiger partial charge on any atom is 0.407 e. The highest BCUT2D eigenvalue weighted by Gasteiger charge is 2.45. The molecule has 0 bridgehead atoms. The maximum atomic E-state index is 13.3. The minimum Gasteiger partial charge on any atom is -0.465 e. The quantitative estimate of drug-likeness (QED) is 0.648. The van der Waals surface area contributed by atoms with Gasteiger partial charge in [-0.3, -0.25) is 0 Å². The number of carbonyl (C=O) groups is 1. The van der Waals surface area contributed by atoms with E-state index in [0.717, 1.165) is 4.90 Å². The second kappa shape index (κ2) is 3.96. The Hall–Kier alpha value is -0.840. The van der Waals surface area contributed by atoms with E-state index in [4.69, 9.17) is 5.11 Å². The number of alkyl halides is 1. The van der Waals surface area contributed by atoms with Crippen molar-refractivity contribution in [2.45, 2.75) is 45.5 Å². The molecule has 1 fully saturated rings. The lowest BCUT2D eigenvalue weighted by atomic mass is 9.78. The molecule has 5 heteroatoms. The van der Waals surface area contributed by atoms with Gasteiger partial charge < -0.3 is 15.1 Å². The molecule has 0 aliphatic carbocycles. The van der Waals surface area contributed by atoms with Gasteiger partial charge in [0, 0.05) is 6.54 Å². The molecule has 3 unspecified atom stereocenters. The van der Waals surface area contributed by atoms with Crippen LogP contribution in [0.15, 0.2) is 0 Å². The molecule has 1 saturated heterocycles. The number of nitrogens with zero attached hydrogens (tertiary/aromatic N) is 1. The van der Waals surface area contributed by atoms with Gasteiger partial charge in [0.15, 0.2) is 0 Å². The zero-order chi connectivity index (χ0) is 11.8. The number of aliphatic hydroxyl groups excluding tert-OH is 1. The highest BCUT2D eigenvalue weighted by molar-refractivity contribution is 5.66. The molecule has 1 amide bonds. The highest BCUT2D eigenvalue weighted by atomic mass is 19.1. The molecular formula is C10H18FNO3. The monoisotopic (exact) mass is 219 g/mol. The second-order valence-electron chi connectivity index (χ2n) is 5.08. The number of amides is 1. The number of hydrogen-bond donors (Lipinski definition) is 2. The first kappa shape index (κ1) is 12.2. The predicted octanol–water partition coefficient (Wildman–Crippen LogP) is 1.48. The van der Waals surface area contributed by atoms with Crippen molar-refractivity contribution >= 4 is 6.09 Å². The molecule has 1 rings (SSSR count). The van der Waals surface area contributed by atoms with E-state index < -0.39 is 29.8 Å². The molecular weight excluding hydrogens is 201 g/mol. The Balaban J connectivity index is 2.95. The summed E-state index contributed by atoms with van der Waals surface area (Å²) in [7, 11) is 0. The van der Waals surface area contributed by atoms with Crippen molar-refractivity contribution in [3.8, 4) is 0 Å². The van der Waals surface area contributed by atoms with Crippen LogP contribution in [0, 0.1) is 5.41 Å². The molecule has 15 heavy (non-hydrogen) atoms. The minimum absolute atomic E-state index is 0.0695. The number of hydrogen-bond acceptors (Lipinski definition) is 2. The number of halogens is 1. The molecule has 2 N–H and O–H groups in total. The largest absolute Gasteiger partial charge is 0.465 e. The van der Waals surface area contributed by atoms with Crippen molar-refractivity contribution in [3.05, 3.63) is 0 Å². The number of aliphatic hydroxyl groups is 1. The van der Waals surface area contributed by atoms with Crippen molar-refractivity contribution in [2.24, 2.45) is 5.41 Å². The molecule has 1 heterocycles. The lowest BCUT2D eigenvalue weighted by Gasteiger charge is -2.45. The Bertz CT molecular complexity index is 252. The van der Waals surface area contributed by atoms with E-state index in [9.17, 15) is 14.3 Å². The SMILES string of the molecule is CC(C)(C)C1C(O)C(F)CCN1C(=O)O. The lowest BCUT2D eigenvalue weighted by Crippen LogP contribution is -2.60. The summed E-state index contributed by atoms with van der Waals surface area (Å²) < 4.78 is 13.3. The fourth-order valence-electron chi connectivity index (χ4n) is 2.15. The molecule has 1 aliphatic rings.